The van der Waals surface area contributed by atoms with Gasteiger partial charge in [0.1, 0.15) is 5.82 Å². The Kier molecular flexibility index (Phi) is 6.26. The van der Waals surface area contributed by atoms with Crippen LogP contribution in [0.1, 0.15) is 29.4 Å². The highest BCUT2D eigenvalue weighted by Crippen LogP contribution is 2.35. The van der Waals surface area contributed by atoms with Gasteiger partial charge in [-0.05, 0) is 99.1 Å². The molecule has 0 aliphatic carbocycles. The fourth-order valence-electron chi connectivity index (χ4n) is 3.77. The van der Waals surface area contributed by atoms with Gasteiger partial charge < -0.3 is 4.57 Å². The van der Waals surface area contributed by atoms with E-state index in [0.717, 1.165) is 28.2 Å². The first kappa shape index (κ1) is 22.4. The molecular formula is C25H23ClFN3OS. The van der Waals surface area contributed by atoms with E-state index >= 15 is 0 Å². The Balaban J connectivity index is 1.72. The van der Waals surface area contributed by atoms with Crippen LogP contribution in [-0.2, 0) is 4.79 Å². The van der Waals surface area contributed by atoms with Crippen LogP contribution < -0.4 is 0 Å². The van der Waals surface area contributed by atoms with E-state index in [2.05, 4.69) is 22.5 Å². The monoisotopic (exact) mass is 467 g/mol. The molecule has 164 valence electrons. The number of hydrogen-bond acceptors (Lipinski definition) is 3. The predicted molar refractivity (Wildman–Crippen MR) is 131 cm³/mol. The van der Waals surface area contributed by atoms with E-state index in [-0.39, 0.29) is 11.7 Å². The van der Waals surface area contributed by atoms with Crippen molar-refractivity contribution >= 4 is 46.2 Å². The highest BCUT2D eigenvalue weighted by Gasteiger charge is 2.32. The number of carbonyl (C=O) groups excluding carboxylic acids is 1. The molecule has 2 heterocycles. The molecule has 0 bridgehead atoms. The first-order valence-corrected chi connectivity index (χ1v) is 11.5. The summed E-state index contributed by atoms with van der Waals surface area (Å²) in [5, 5.41) is 1.27. The van der Waals surface area contributed by atoms with Crippen molar-refractivity contribution in [2.75, 3.05) is 6.54 Å². The molecular weight excluding hydrogens is 445 g/mol. The smallest absolute Gasteiger partial charge is 0.266 e. The van der Waals surface area contributed by atoms with E-state index in [1.165, 1.54) is 23.9 Å². The van der Waals surface area contributed by atoms with Gasteiger partial charge in [-0.15, -0.1) is 0 Å². The molecule has 4 nitrogen and oxygen atoms in total. The highest BCUT2D eigenvalue weighted by molar-refractivity contribution is 8.18. The molecule has 1 aromatic heterocycles. The third kappa shape index (κ3) is 4.25. The van der Waals surface area contributed by atoms with E-state index in [9.17, 15) is 9.18 Å². The van der Waals surface area contributed by atoms with Crippen LogP contribution in [0.3, 0.4) is 0 Å². The Labute approximate surface area is 196 Å². The van der Waals surface area contributed by atoms with Crippen LogP contribution in [0.25, 0.3) is 11.8 Å². The van der Waals surface area contributed by atoms with Crippen molar-refractivity contribution in [1.82, 2.24) is 9.47 Å². The summed E-state index contributed by atoms with van der Waals surface area (Å²) in [4.78, 5) is 19.9. The van der Waals surface area contributed by atoms with Crippen LogP contribution in [0.15, 0.2) is 58.4 Å². The number of halogens is 2. The maximum absolute atomic E-state index is 13.2. The van der Waals surface area contributed by atoms with Gasteiger partial charge in [-0.25, -0.2) is 9.38 Å². The van der Waals surface area contributed by atoms with Crippen LogP contribution in [0.2, 0.25) is 5.02 Å². The van der Waals surface area contributed by atoms with E-state index in [1.54, 1.807) is 17.0 Å². The van der Waals surface area contributed by atoms with E-state index in [4.69, 9.17) is 11.6 Å². The Morgan fingerprint density at radius 2 is 1.81 bits per heavy atom. The summed E-state index contributed by atoms with van der Waals surface area (Å²) in [6.45, 7) is 8.54. The standard InChI is InChI=1S/C25H23ClFN3OS/c1-5-29-24(31)23(32-25(29)28-21-10-8-20(27)9-11-21)13-18-12-16(3)30(17(18)4)22-14-19(26)7-6-15(22)2/h6-14H,5H2,1-4H3/b23-13+,28-25?. The van der Waals surface area contributed by atoms with Crippen LogP contribution in [-0.4, -0.2) is 27.1 Å². The number of aryl methyl sites for hydroxylation is 2. The normalized spacial score (nSPS) is 16.6. The number of likely N-dealkylation sites (N-methyl/N-ethyl adjacent to an activating group) is 1. The molecule has 32 heavy (non-hydrogen) atoms. The Bertz CT molecular complexity index is 1260. The molecule has 3 aromatic rings. The van der Waals surface area contributed by atoms with E-state index in [1.807, 2.05) is 45.0 Å². The minimum absolute atomic E-state index is 0.0814. The second-order valence-corrected chi connectivity index (χ2v) is 9.07. The molecule has 7 heteroatoms. The summed E-state index contributed by atoms with van der Waals surface area (Å²) in [5.41, 5.74) is 5.81. The minimum Gasteiger partial charge on any atom is -0.318 e. The van der Waals surface area contributed by atoms with Gasteiger partial charge in [0.15, 0.2) is 5.17 Å². The second kappa shape index (κ2) is 8.96. The number of amidine groups is 1. The van der Waals surface area contributed by atoms with Gasteiger partial charge in [0.05, 0.1) is 10.6 Å². The summed E-state index contributed by atoms with van der Waals surface area (Å²) >= 11 is 7.58. The number of rotatable bonds is 4. The average Bonchev–Trinajstić information content (AvgIpc) is 3.20. The zero-order valence-electron chi connectivity index (χ0n) is 18.3. The largest absolute Gasteiger partial charge is 0.318 e. The van der Waals surface area contributed by atoms with E-state index < -0.39 is 0 Å². The van der Waals surface area contributed by atoms with Crippen molar-refractivity contribution in [3.05, 3.63) is 86.8 Å². The number of benzene rings is 2. The maximum atomic E-state index is 13.2. The van der Waals surface area contributed by atoms with Gasteiger partial charge in [-0.3, -0.25) is 9.69 Å². The third-order valence-electron chi connectivity index (χ3n) is 5.42. The molecule has 0 unspecified atom stereocenters. The molecule has 0 N–H and O–H groups in total. The first-order valence-electron chi connectivity index (χ1n) is 10.3. The summed E-state index contributed by atoms with van der Waals surface area (Å²) < 4.78 is 15.4. The number of carbonyl (C=O) groups is 1. The lowest BCUT2D eigenvalue weighted by Gasteiger charge is -2.13. The SMILES string of the molecule is CCN1C(=O)/C(=C\c2cc(C)n(-c3cc(Cl)ccc3C)c2C)SC1=Nc1ccc(F)cc1. The molecule has 1 saturated heterocycles. The Morgan fingerprint density at radius 1 is 1.09 bits per heavy atom. The second-order valence-electron chi connectivity index (χ2n) is 7.62. The zero-order chi connectivity index (χ0) is 23.0. The molecule has 1 aliphatic rings. The fraction of sp³-hybridized carbons (Fsp3) is 0.200. The van der Waals surface area contributed by atoms with Gasteiger partial charge in [-0.1, -0.05) is 17.7 Å². The predicted octanol–water partition coefficient (Wildman–Crippen LogP) is 6.82. The molecule has 1 aliphatic heterocycles. The fourth-order valence-corrected chi connectivity index (χ4v) is 4.99. The number of amides is 1. The van der Waals surface area contributed by atoms with Crippen molar-refractivity contribution in [3.8, 4) is 5.69 Å². The van der Waals surface area contributed by atoms with Crippen LogP contribution in [0.4, 0.5) is 10.1 Å². The van der Waals surface area contributed by atoms with Crippen LogP contribution >= 0.6 is 23.4 Å². The molecule has 2 aromatic carbocycles. The van der Waals surface area contributed by atoms with Crippen molar-refractivity contribution in [3.63, 3.8) is 0 Å². The van der Waals surface area contributed by atoms with Crippen LogP contribution in [0, 0.1) is 26.6 Å². The first-order chi connectivity index (χ1) is 15.3. The molecule has 1 fully saturated rings. The van der Waals surface area contributed by atoms with Crippen molar-refractivity contribution in [2.24, 2.45) is 4.99 Å². The van der Waals surface area contributed by atoms with Gasteiger partial charge in [0.2, 0.25) is 0 Å². The minimum atomic E-state index is -0.317. The number of thioether (sulfide) groups is 1. The number of nitrogens with zero attached hydrogens (tertiary/aromatic N) is 3. The van der Waals surface area contributed by atoms with Crippen molar-refractivity contribution in [2.45, 2.75) is 27.7 Å². The quantitative estimate of drug-likeness (QED) is 0.395. The molecule has 1 amide bonds. The molecule has 0 radical (unpaired) electrons. The number of hydrogen-bond donors (Lipinski definition) is 0. The van der Waals surface area contributed by atoms with Crippen molar-refractivity contribution in [1.29, 1.82) is 0 Å². The van der Waals surface area contributed by atoms with Gasteiger partial charge in [0.25, 0.3) is 5.91 Å². The Morgan fingerprint density at radius 3 is 2.50 bits per heavy atom. The maximum Gasteiger partial charge on any atom is 0.266 e. The highest BCUT2D eigenvalue weighted by atomic mass is 35.5. The Hall–Kier alpha value is -2.83. The van der Waals surface area contributed by atoms with Crippen molar-refractivity contribution < 1.29 is 9.18 Å². The molecule has 4 rings (SSSR count). The average molecular weight is 468 g/mol. The van der Waals surface area contributed by atoms with Gasteiger partial charge in [0, 0.05) is 28.6 Å². The number of aromatic nitrogens is 1. The topological polar surface area (TPSA) is 37.6 Å². The summed E-state index contributed by atoms with van der Waals surface area (Å²) in [7, 11) is 0. The van der Waals surface area contributed by atoms with Crippen LogP contribution in [0.5, 0.6) is 0 Å². The number of aliphatic imine (C=N–C) groups is 1. The van der Waals surface area contributed by atoms with E-state index in [0.29, 0.717) is 27.3 Å². The van der Waals surface area contributed by atoms with Gasteiger partial charge >= 0.3 is 0 Å². The third-order valence-corrected chi connectivity index (χ3v) is 6.67. The lowest BCUT2D eigenvalue weighted by molar-refractivity contribution is -0.122. The summed E-state index contributed by atoms with van der Waals surface area (Å²) in [5.74, 6) is -0.399. The summed E-state index contributed by atoms with van der Waals surface area (Å²) in [6.07, 6.45) is 1.92. The summed E-state index contributed by atoms with van der Waals surface area (Å²) in [6, 6.07) is 13.8. The zero-order valence-corrected chi connectivity index (χ0v) is 19.9. The lowest BCUT2D eigenvalue weighted by Crippen LogP contribution is -2.28. The van der Waals surface area contributed by atoms with Gasteiger partial charge in [-0.2, -0.15) is 0 Å². The molecule has 0 spiro atoms. The lowest BCUT2D eigenvalue weighted by atomic mass is 10.2. The molecule has 0 atom stereocenters. The molecule has 0 saturated carbocycles.